The van der Waals surface area contributed by atoms with Gasteiger partial charge < -0.3 is 14.9 Å². The van der Waals surface area contributed by atoms with E-state index in [4.69, 9.17) is 10.0 Å². The molecule has 0 atom stereocenters. The van der Waals surface area contributed by atoms with E-state index in [1.807, 2.05) is 0 Å². The van der Waals surface area contributed by atoms with E-state index in [1.165, 1.54) is 6.07 Å². The van der Waals surface area contributed by atoms with Crippen molar-refractivity contribution < 1.29 is 14.4 Å². The number of benzene rings is 1. The van der Waals surface area contributed by atoms with Gasteiger partial charge in [0.15, 0.2) is 0 Å². The Morgan fingerprint density at radius 1 is 1.10 bits per heavy atom. The highest BCUT2D eigenvalue weighted by molar-refractivity contribution is 6.58. The first-order valence-electron chi connectivity index (χ1n) is 7.54. The molecule has 0 amide bonds. The van der Waals surface area contributed by atoms with Crippen molar-refractivity contribution in [2.45, 2.75) is 20.4 Å². The Bertz CT molecular complexity index is 463. The zero-order chi connectivity index (χ0) is 15.4. The summed E-state index contributed by atoms with van der Waals surface area (Å²) in [6.45, 7) is 10.2. The van der Waals surface area contributed by atoms with Gasteiger partial charge in [0.25, 0.3) is 0 Å². The van der Waals surface area contributed by atoms with Crippen LogP contribution >= 0.6 is 0 Å². The summed E-state index contributed by atoms with van der Waals surface area (Å²) in [5, 5.41) is 18.3. The van der Waals surface area contributed by atoms with E-state index in [0.29, 0.717) is 12.5 Å². The molecule has 1 aliphatic rings. The first-order chi connectivity index (χ1) is 9.94. The monoisotopic (exact) mass is 294 g/mol. The molecule has 116 valence electrons. The summed E-state index contributed by atoms with van der Waals surface area (Å²) >= 11 is 0. The summed E-state index contributed by atoms with van der Waals surface area (Å²) < 4.78 is 13.5. The molecule has 1 heterocycles. The summed E-state index contributed by atoms with van der Waals surface area (Å²) in [6, 6.07) is 4.29. The van der Waals surface area contributed by atoms with Gasteiger partial charge in [-0.1, -0.05) is 19.9 Å². The van der Waals surface area contributed by atoms with Crippen molar-refractivity contribution in [3.05, 3.63) is 29.6 Å². The minimum Gasteiger partial charge on any atom is -0.423 e. The second-order valence-electron chi connectivity index (χ2n) is 6.24. The topological polar surface area (TPSA) is 46.9 Å². The van der Waals surface area contributed by atoms with Gasteiger partial charge in [0, 0.05) is 39.3 Å². The van der Waals surface area contributed by atoms with Gasteiger partial charge in [-0.2, -0.15) is 0 Å². The smallest absolute Gasteiger partial charge is 0.423 e. The molecule has 0 saturated carbocycles. The molecule has 6 heteroatoms. The van der Waals surface area contributed by atoms with E-state index in [1.54, 1.807) is 6.07 Å². The molecule has 0 spiro atoms. The first kappa shape index (κ1) is 16.4. The van der Waals surface area contributed by atoms with E-state index in [9.17, 15) is 4.39 Å². The zero-order valence-electron chi connectivity index (χ0n) is 12.8. The van der Waals surface area contributed by atoms with E-state index in [2.05, 4.69) is 23.6 Å². The summed E-state index contributed by atoms with van der Waals surface area (Å²) in [7, 11) is -1.62. The van der Waals surface area contributed by atoms with Crippen LogP contribution in [0.5, 0.6) is 0 Å². The Morgan fingerprint density at radius 2 is 1.71 bits per heavy atom. The second kappa shape index (κ2) is 7.36. The van der Waals surface area contributed by atoms with Gasteiger partial charge in [-0.25, -0.2) is 4.39 Å². The van der Waals surface area contributed by atoms with Gasteiger partial charge in [0.05, 0.1) is 0 Å². The van der Waals surface area contributed by atoms with Gasteiger partial charge in [-0.05, 0) is 29.1 Å². The summed E-state index contributed by atoms with van der Waals surface area (Å²) in [4.78, 5) is 4.73. The van der Waals surface area contributed by atoms with Crippen LogP contribution in [0.1, 0.15) is 19.4 Å². The average Bonchev–Trinajstić information content (AvgIpc) is 2.39. The quantitative estimate of drug-likeness (QED) is 0.766. The molecule has 1 aromatic rings. The molecule has 0 bridgehead atoms. The van der Waals surface area contributed by atoms with Crippen molar-refractivity contribution >= 4 is 12.6 Å². The molecular weight excluding hydrogens is 270 g/mol. The lowest BCUT2D eigenvalue weighted by Crippen LogP contribution is -2.47. The van der Waals surface area contributed by atoms with Crippen LogP contribution in [-0.2, 0) is 6.54 Å². The molecule has 0 unspecified atom stereocenters. The van der Waals surface area contributed by atoms with Crippen LogP contribution in [0.2, 0.25) is 0 Å². The average molecular weight is 294 g/mol. The maximum absolute atomic E-state index is 13.5. The standard InChI is InChI=1S/C15H24BFN2O2/c1-12(2)10-18-3-5-19(6-4-18)11-13-7-14(16(20)21)9-15(17)8-13/h7-9,12,20-21H,3-6,10-11H2,1-2H3. The fraction of sp³-hybridized carbons (Fsp3) is 0.600. The predicted molar refractivity (Wildman–Crippen MR) is 82.8 cm³/mol. The van der Waals surface area contributed by atoms with Crippen molar-refractivity contribution in [2.75, 3.05) is 32.7 Å². The Labute approximate surface area is 126 Å². The van der Waals surface area contributed by atoms with Crippen LogP contribution in [0.25, 0.3) is 0 Å². The van der Waals surface area contributed by atoms with E-state index >= 15 is 0 Å². The SMILES string of the molecule is CC(C)CN1CCN(Cc2cc(F)cc(B(O)O)c2)CC1. The van der Waals surface area contributed by atoms with Gasteiger partial charge in [-0.15, -0.1) is 0 Å². The van der Waals surface area contributed by atoms with Gasteiger partial charge in [0.2, 0.25) is 0 Å². The molecule has 0 aromatic heterocycles. The lowest BCUT2D eigenvalue weighted by molar-refractivity contribution is 0.117. The van der Waals surface area contributed by atoms with Crippen LogP contribution in [0.3, 0.4) is 0 Å². The third-order valence-electron chi connectivity index (χ3n) is 3.77. The normalized spacial score (nSPS) is 17.4. The lowest BCUT2D eigenvalue weighted by Gasteiger charge is -2.35. The van der Waals surface area contributed by atoms with Crippen LogP contribution < -0.4 is 5.46 Å². The molecule has 2 rings (SSSR count). The predicted octanol–water partition coefficient (Wildman–Crippen LogP) is 0.279. The summed E-state index contributed by atoms with van der Waals surface area (Å²) in [6.07, 6.45) is 0. The van der Waals surface area contributed by atoms with Crippen LogP contribution in [0.15, 0.2) is 18.2 Å². The Kier molecular flexibility index (Phi) is 5.76. The molecule has 0 aliphatic carbocycles. The molecule has 4 nitrogen and oxygen atoms in total. The number of halogens is 1. The third-order valence-corrected chi connectivity index (χ3v) is 3.77. The highest BCUT2D eigenvalue weighted by Gasteiger charge is 2.19. The fourth-order valence-corrected chi connectivity index (χ4v) is 2.82. The summed E-state index contributed by atoms with van der Waals surface area (Å²) in [5.74, 6) is 0.252. The van der Waals surface area contributed by atoms with Crippen LogP contribution in [0, 0.1) is 11.7 Å². The maximum Gasteiger partial charge on any atom is 0.488 e. The Balaban J connectivity index is 1.91. The van der Waals surface area contributed by atoms with Gasteiger partial charge in [0.1, 0.15) is 5.82 Å². The van der Waals surface area contributed by atoms with Crippen molar-refractivity contribution in [3.8, 4) is 0 Å². The minimum absolute atomic E-state index is 0.212. The molecule has 1 saturated heterocycles. The number of hydrogen-bond acceptors (Lipinski definition) is 4. The lowest BCUT2D eigenvalue weighted by atomic mass is 9.79. The first-order valence-corrected chi connectivity index (χ1v) is 7.54. The van der Waals surface area contributed by atoms with Gasteiger partial charge >= 0.3 is 7.12 Å². The maximum atomic E-state index is 13.5. The highest BCUT2D eigenvalue weighted by Crippen LogP contribution is 2.10. The zero-order valence-corrected chi connectivity index (χ0v) is 12.8. The number of hydrogen-bond donors (Lipinski definition) is 2. The molecule has 2 N–H and O–H groups in total. The van der Waals surface area contributed by atoms with Crippen molar-refractivity contribution in [1.82, 2.24) is 9.80 Å². The number of nitrogens with zero attached hydrogens (tertiary/aromatic N) is 2. The summed E-state index contributed by atoms with van der Waals surface area (Å²) in [5.41, 5.74) is 0.999. The van der Waals surface area contributed by atoms with Crippen molar-refractivity contribution in [3.63, 3.8) is 0 Å². The molecule has 1 aromatic carbocycles. The second-order valence-corrected chi connectivity index (χ2v) is 6.24. The molecule has 0 radical (unpaired) electrons. The van der Waals surface area contributed by atoms with Crippen molar-refractivity contribution in [1.29, 1.82) is 0 Å². The molecule has 1 aliphatic heterocycles. The molecule has 1 fully saturated rings. The Hall–Kier alpha value is -0.945. The largest absolute Gasteiger partial charge is 0.488 e. The minimum atomic E-state index is -1.62. The number of rotatable bonds is 5. The number of piperazine rings is 1. The third kappa shape index (κ3) is 5.07. The van der Waals surface area contributed by atoms with Gasteiger partial charge in [-0.3, -0.25) is 4.90 Å². The van der Waals surface area contributed by atoms with Crippen LogP contribution in [-0.4, -0.2) is 59.7 Å². The van der Waals surface area contributed by atoms with E-state index < -0.39 is 12.9 Å². The highest BCUT2D eigenvalue weighted by atomic mass is 19.1. The van der Waals surface area contributed by atoms with E-state index in [0.717, 1.165) is 44.4 Å². The van der Waals surface area contributed by atoms with E-state index in [-0.39, 0.29) is 5.46 Å². The molecular formula is C15H24BFN2O2. The van der Waals surface area contributed by atoms with Crippen LogP contribution in [0.4, 0.5) is 4.39 Å². The molecule has 21 heavy (non-hydrogen) atoms. The fourth-order valence-electron chi connectivity index (χ4n) is 2.82. The van der Waals surface area contributed by atoms with Crippen molar-refractivity contribution in [2.24, 2.45) is 5.92 Å². The Morgan fingerprint density at radius 3 is 2.29 bits per heavy atom.